The van der Waals surface area contributed by atoms with Crippen LogP contribution in [0.3, 0.4) is 0 Å². The molecule has 3 rings (SSSR count). The van der Waals surface area contributed by atoms with Crippen LogP contribution in [0.4, 0.5) is 11.4 Å². The molecular formula is C22H27BrN2O2. The van der Waals surface area contributed by atoms with Gasteiger partial charge in [-0.3, -0.25) is 4.79 Å². The fraction of sp³-hybridized carbons (Fsp3) is 0.409. The van der Waals surface area contributed by atoms with Crippen LogP contribution in [0.15, 0.2) is 53.0 Å². The normalized spacial score (nSPS) is 15.5. The highest BCUT2D eigenvalue weighted by molar-refractivity contribution is 9.10. The molecule has 0 bridgehead atoms. The van der Waals surface area contributed by atoms with Gasteiger partial charge in [0.2, 0.25) is 0 Å². The molecule has 1 aliphatic heterocycles. The van der Waals surface area contributed by atoms with E-state index in [0.29, 0.717) is 5.75 Å². The summed E-state index contributed by atoms with van der Waals surface area (Å²) in [7, 11) is 0. The van der Waals surface area contributed by atoms with E-state index in [1.807, 2.05) is 36.4 Å². The Hall–Kier alpha value is -2.01. The average molecular weight is 431 g/mol. The number of amides is 1. The van der Waals surface area contributed by atoms with Gasteiger partial charge in [0.25, 0.3) is 5.91 Å². The van der Waals surface area contributed by atoms with E-state index in [9.17, 15) is 4.79 Å². The van der Waals surface area contributed by atoms with Crippen molar-refractivity contribution in [2.45, 2.75) is 39.2 Å². The third-order valence-electron chi connectivity index (χ3n) is 5.01. The monoisotopic (exact) mass is 430 g/mol. The van der Waals surface area contributed by atoms with Crippen LogP contribution in [-0.2, 0) is 4.79 Å². The second-order valence-electron chi connectivity index (χ2n) is 7.74. The number of ether oxygens (including phenoxy) is 1. The van der Waals surface area contributed by atoms with Crippen LogP contribution < -0.4 is 15.0 Å². The number of anilines is 2. The van der Waals surface area contributed by atoms with Crippen molar-refractivity contribution in [3.63, 3.8) is 0 Å². The molecular weight excluding hydrogens is 404 g/mol. The molecule has 2 aromatic carbocycles. The van der Waals surface area contributed by atoms with E-state index in [2.05, 4.69) is 45.2 Å². The Morgan fingerprint density at radius 3 is 2.26 bits per heavy atom. The van der Waals surface area contributed by atoms with Gasteiger partial charge in [0.1, 0.15) is 5.75 Å². The number of rotatable bonds is 5. The van der Waals surface area contributed by atoms with E-state index in [1.165, 1.54) is 18.5 Å². The van der Waals surface area contributed by atoms with E-state index >= 15 is 0 Å². The van der Waals surface area contributed by atoms with Gasteiger partial charge >= 0.3 is 0 Å². The Morgan fingerprint density at radius 2 is 1.67 bits per heavy atom. The van der Waals surface area contributed by atoms with E-state index < -0.39 is 5.60 Å². The molecule has 27 heavy (non-hydrogen) atoms. The maximum absolute atomic E-state index is 12.7. The first-order chi connectivity index (χ1) is 12.8. The molecule has 0 aliphatic carbocycles. The van der Waals surface area contributed by atoms with E-state index in [-0.39, 0.29) is 5.91 Å². The molecule has 1 heterocycles. The minimum atomic E-state index is -0.977. The van der Waals surface area contributed by atoms with Crippen molar-refractivity contribution < 1.29 is 9.53 Å². The van der Waals surface area contributed by atoms with Crippen LogP contribution in [0.2, 0.25) is 0 Å². The Labute approximate surface area is 170 Å². The van der Waals surface area contributed by atoms with E-state index in [1.54, 1.807) is 13.8 Å². The van der Waals surface area contributed by atoms with Crippen LogP contribution in [0, 0.1) is 5.92 Å². The number of halogens is 1. The minimum Gasteiger partial charge on any atom is -0.478 e. The van der Waals surface area contributed by atoms with Crippen LogP contribution in [0.25, 0.3) is 0 Å². The van der Waals surface area contributed by atoms with Gasteiger partial charge in [-0.05, 0) is 81.1 Å². The lowest BCUT2D eigenvalue weighted by molar-refractivity contribution is -0.128. The summed E-state index contributed by atoms with van der Waals surface area (Å²) in [6, 6.07) is 15.5. The highest BCUT2D eigenvalue weighted by atomic mass is 79.9. The van der Waals surface area contributed by atoms with Crippen molar-refractivity contribution >= 4 is 33.2 Å². The van der Waals surface area contributed by atoms with E-state index in [0.717, 1.165) is 29.2 Å². The largest absolute Gasteiger partial charge is 0.478 e. The number of benzene rings is 2. The molecule has 0 aromatic heterocycles. The molecule has 5 heteroatoms. The fourth-order valence-corrected chi connectivity index (χ4v) is 3.41. The van der Waals surface area contributed by atoms with Crippen LogP contribution in [0.1, 0.15) is 33.6 Å². The van der Waals surface area contributed by atoms with Crippen LogP contribution in [0.5, 0.6) is 5.75 Å². The maximum Gasteiger partial charge on any atom is 0.267 e. The summed E-state index contributed by atoms with van der Waals surface area (Å²) in [4.78, 5) is 15.1. The Kier molecular flexibility index (Phi) is 6.10. The number of nitrogens with one attached hydrogen (secondary N) is 1. The van der Waals surface area contributed by atoms with E-state index in [4.69, 9.17) is 4.74 Å². The average Bonchev–Trinajstić information content (AvgIpc) is 2.65. The number of carbonyl (C=O) groups is 1. The summed E-state index contributed by atoms with van der Waals surface area (Å²) < 4.78 is 6.85. The lowest BCUT2D eigenvalue weighted by Gasteiger charge is -2.32. The molecule has 2 aromatic rings. The predicted molar refractivity (Wildman–Crippen MR) is 115 cm³/mol. The second kappa shape index (κ2) is 8.34. The summed E-state index contributed by atoms with van der Waals surface area (Å²) in [6.07, 6.45) is 2.47. The van der Waals surface area contributed by atoms with Crippen LogP contribution >= 0.6 is 15.9 Å². The molecule has 144 valence electrons. The quantitative estimate of drug-likeness (QED) is 0.682. The second-order valence-corrected chi connectivity index (χ2v) is 8.65. The smallest absolute Gasteiger partial charge is 0.267 e. The van der Waals surface area contributed by atoms with Crippen molar-refractivity contribution in [2.75, 3.05) is 23.3 Å². The van der Waals surface area contributed by atoms with Crippen molar-refractivity contribution in [3.8, 4) is 5.75 Å². The first kappa shape index (κ1) is 19.7. The number of hydrogen-bond acceptors (Lipinski definition) is 3. The number of carbonyl (C=O) groups excluding carboxylic acids is 1. The zero-order valence-corrected chi connectivity index (χ0v) is 17.8. The first-order valence-corrected chi connectivity index (χ1v) is 10.2. The van der Waals surface area contributed by atoms with Crippen LogP contribution in [-0.4, -0.2) is 24.6 Å². The molecule has 4 nitrogen and oxygen atoms in total. The summed E-state index contributed by atoms with van der Waals surface area (Å²) in [5.74, 6) is 1.30. The lowest BCUT2D eigenvalue weighted by atomic mass is 9.99. The van der Waals surface area contributed by atoms with Gasteiger partial charge in [0.05, 0.1) is 0 Å². The summed E-state index contributed by atoms with van der Waals surface area (Å²) >= 11 is 3.40. The molecule has 0 unspecified atom stereocenters. The Morgan fingerprint density at radius 1 is 1.07 bits per heavy atom. The molecule has 1 saturated heterocycles. The van der Waals surface area contributed by atoms with Gasteiger partial charge in [-0.2, -0.15) is 0 Å². The van der Waals surface area contributed by atoms with Crippen molar-refractivity contribution in [1.82, 2.24) is 0 Å². The van der Waals surface area contributed by atoms with Crippen molar-refractivity contribution in [3.05, 3.63) is 53.0 Å². The zero-order chi connectivity index (χ0) is 19.4. The summed E-state index contributed by atoms with van der Waals surface area (Å²) in [5, 5.41) is 2.96. The Bertz CT molecular complexity index is 764. The topological polar surface area (TPSA) is 41.6 Å². The van der Waals surface area contributed by atoms with Crippen molar-refractivity contribution in [1.29, 1.82) is 0 Å². The molecule has 1 aliphatic rings. The minimum absolute atomic E-state index is 0.176. The fourth-order valence-electron chi connectivity index (χ4n) is 3.15. The SMILES string of the molecule is CC1CCN(c2ccc(NC(=O)C(C)(C)Oc3ccc(Br)cc3)cc2)CC1. The molecule has 1 fully saturated rings. The number of piperidine rings is 1. The predicted octanol–water partition coefficient (Wildman–Crippen LogP) is 5.48. The molecule has 1 N–H and O–H groups in total. The third-order valence-corrected chi connectivity index (χ3v) is 5.54. The molecule has 0 saturated carbocycles. The van der Waals surface area contributed by atoms with Gasteiger partial charge in [0, 0.05) is 28.9 Å². The van der Waals surface area contributed by atoms with Gasteiger partial charge in [-0.15, -0.1) is 0 Å². The first-order valence-electron chi connectivity index (χ1n) is 9.44. The molecule has 0 spiro atoms. The Balaban J connectivity index is 1.60. The molecule has 0 atom stereocenters. The number of nitrogens with zero attached hydrogens (tertiary/aromatic N) is 1. The maximum atomic E-state index is 12.7. The highest BCUT2D eigenvalue weighted by Gasteiger charge is 2.30. The zero-order valence-electron chi connectivity index (χ0n) is 16.2. The van der Waals surface area contributed by atoms with Gasteiger partial charge in [0.15, 0.2) is 5.60 Å². The van der Waals surface area contributed by atoms with Gasteiger partial charge < -0.3 is 15.0 Å². The number of hydrogen-bond donors (Lipinski definition) is 1. The molecule has 1 amide bonds. The highest BCUT2D eigenvalue weighted by Crippen LogP contribution is 2.25. The van der Waals surface area contributed by atoms with Gasteiger partial charge in [-0.25, -0.2) is 0 Å². The molecule has 0 radical (unpaired) electrons. The summed E-state index contributed by atoms with van der Waals surface area (Å²) in [6.45, 7) is 8.05. The van der Waals surface area contributed by atoms with Crippen molar-refractivity contribution in [2.24, 2.45) is 5.92 Å². The lowest BCUT2D eigenvalue weighted by Crippen LogP contribution is -2.42. The third kappa shape index (κ3) is 5.25. The van der Waals surface area contributed by atoms with Gasteiger partial charge in [-0.1, -0.05) is 22.9 Å². The standard InChI is InChI=1S/C22H27BrN2O2/c1-16-12-14-25(15-13-16)19-8-6-18(7-9-19)24-21(26)22(2,3)27-20-10-4-17(23)5-11-20/h4-11,16H,12-15H2,1-3H3,(H,24,26). The summed E-state index contributed by atoms with van der Waals surface area (Å²) in [5.41, 5.74) is 1.02.